The number of urea groups is 1. The van der Waals surface area contributed by atoms with Gasteiger partial charge in [-0.3, -0.25) is 24.0 Å². The fraction of sp³-hybridized carbons (Fsp3) is 0.660. The second-order valence-electron chi connectivity index (χ2n) is 18.9. The molecule has 0 spiro atoms. The van der Waals surface area contributed by atoms with Gasteiger partial charge in [-0.2, -0.15) is 0 Å². The van der Waals surface area contributed by atoms with Gasteiger partial charge in [0.2, 0.25) is 23.6 Å². The number of hydrogen-bond donors (Lipinski definition) is 7. The summed E-state index contributed by atoms with van der Waals surface area (Å²) in [6.07, 6.45) is 20.6. The second kappa shape index (κ2) is 40.7. The molecule has 2 unspecified atom stereocenters. The van der Waals surface area contributed by atoms with Crippen molar-refractivity contribution in [3.8, 4) is 0 Å². The van der Waals surface area contributed by atoms with Crippen molar-refractivity contribution in [2.45, 2.75) is 168 Å². The molecule has 0 aliphatic carbocycles. The van der Waals surface area contributed by atoms with Gasteiger partial charge in [0.05, 0.1) is 6.04 Å². The fourth-order valence-corrected chi connectivity index (χ4v) is 7.63. The number of unbranched alkanes of at least 4 members (excludes halogenated alkanes) is 7. The Bertz CT molecular complexity index is 1980. The number of carbonyl (C=O) groups excluding carboxylic acids is 8. The monoisotopic (exact) mass is 1050 g/mol. The van der Waals surface area contributed by atoms with Gasteiger partial charge in [-0.1, -0.05) is 114 Å². The third kappa shape index (κ3) is 31.0. The molecule has 22 heteroatoms. The van der Waals surface area contributed by atoms with Crippen LogP contribution in [0.1, 0.15) is 142 Å². The predicted molar refractivity (Wildman–Crippen MR) is 290 cm³/mol. The van der Waals surface area contributed by atoms with E-state index in [0.717, 1.165) is 89.8 Å². The zero-order valence-electron chi connectivity index (χ0n) is 45.4. The fourth-order valence-electron chi connectivity index (χ4n) is 7.63. The normalized spacial score (nSPS) is 13.1. The molecule has 0 saturated heterocycles. The minimum absolute atomic E-state index is 0.0260. The highest BCUT2D eigenvalue weighted by molar-refractivity contribution is 5.98. The van der Waals surface area contributed by atoms with E-state index in [1.165, 1.54) is 16.8 Å². The maximum Gasteiger partial charge on any atom is 0.410 e. The van der Waals surface area contributed by atoms with Gasteiger partial charge in [0.1, 0.15) is 18.7 Å². The Morgan fingerprint density at radius 3 is 2.04 bits per heavy atom. The molecule has 0 radical (unpaired) electrons. The first-order chi connectivity index (χ1) is 36.0. The van der Waals surface area contributed by atoms with E-state index in [2.05, 4.69) is 74.8 Å². The van der Waals surface area contributed by atoms with Crippen LogP contribution in [-0.2, 0) is 40.1 Å². The minimum atomic E-state index is -1.10. The first-order valence-corrected chi connectivity index (χ1v) is 26.6. The largest absolute Gasteiger partial charge is 0.445 e. The molecule has 0 heterocycles. The molecule has 0 aliphatic heterocycles. The minimum Gasteiger partial charge on any atom is -0.445 e. The van der Waals surface area contributed by atoms with Gasteiger partial charge in [-0.15, -0.1) is 0 Å². The Morgan fingerprint density at radius 2 is 1.41 bits per heavy atom. The van der Waals surface area contributed by atoms with E-state index >= 15 is 0 Å². The highest BCUT2D eigenvalue weighted by Crippen LogP contribution is 2.24. The van der Waals surface area contributed by atoms with Crippen molar-refractivity contribution in [3.05, 3.63) is 64.6 Å². The number of primary amides is 1. The second-order valence-corrected chi connectivity index (χ2v) is 18.9. The average molecular weight is 1050 g/mol. The van der Waals surface area contributed by atoms with Crippen LogP contribution in [0.25, 0.3) is 10.4 Å². The van der Waals surface area contributed by atoms with E-state index in [-0.39, 0.29) is 70.9 Å². The molecule has 22 nitrogen and oxygen atoms in total. The number of nitrogens with two attached hydrogens (primary N) is 2. The quantitative estimate of drug-likeness (QED) is 0.00855. The lowest BCUT2D eigenvalue weighted by Crippen LogP contribution is -2.54. The van der Waals surface area contributed by atoms with Gasteiger partial charge < -0.3 is 57.3 Å². The van der Waals surface area contributed by atoms with E-state index in [4.69, 9.17) is 26.5 Å². The SMILES string of the molecule is CCC=CCC=CCCCCCC(CCCCCCC)C(C=O)OC(=O)N(C)CCN(C)C(=O)OCc1ccc(NC(=O)[C@H](CCCNC(N)=O)NC(=O)[C@@H](NC(=O)CC[C@@H](N)C(=O)NCCN=[N+]=[N-])C(C)C)cc1. The third-order valence-electron chi connectivity index (χ3n) is 12.2. The van der Waals surface area contributed by atoms with Crippen molar-refractivity contribution in [2.24, 2.45) is 28.4 Å². The van der Waals surface area contributed by atoms with E-state index in [0.29, 0.717) is 11.3 Å². The van der Waals surface area contributed by atoms with E-state index < -0.39 is 72.0 Å². The number of benzene rings is 1. The summed E-state index contributed by atoms with van der Waals surface area (Å²) in [6.45, 7) is 8.12. The zero-order chi connectivity index (χ0) is 55.8. The number of rotatable bonds is 40. The summed E-state index contributed by atoms with van der Waals surface area (Å²) in [6, 6.07) is 2.55. The third-order valence-corrected chi connectivity index (χ3v) is 12.2. The van der Waals surface area contributed by atoms with Crippen molar-refractivity contribution in [1.82, 2.24) is 31.1 Å². The van der Waals surface area contributed by atoms with Crippen LogP contribution < -0.4 is 38.1 Å². The molecule has 420 valence electrons. The Balaban J connectivity index is 2.81. The molecule has 1 rings (SSSR count). The van der Waals surface area contributed by atoms with Crippen molar-refractivity contribution < 1.29 is 47.8 Å². The van der Waals surface area contributed by atoms with Gasteiger partial charge in [0.15, 0.2) is 12.4 Å². The van der Waals surface area contributed by atoms with Crippen LogP contribution in [0.2, 0.25) is 0 Å². The van der Waals surface area contributed by atoms with E-state index in [1.807, 2.05) is 0 Å². The van der Waals surface area contributed by atoms with Crippen LogP contribution in [0.4, 0.5) is 20.1 Å². The Kier molecular flexibility index (Phi) is 36.0. The molecule has 0 saturated carbocycles. The first-order valence-electron chi connectivity index (χ1n) is 26.6. The van der Waals surface area contributed by atoms with Crippen LogP contribution in [-0.4, -0.2) is 129 Å². The number of nitrogens with one attached hydrogen (secondary N) is 5. The smallest absolute Gasteiger partial charge is 0.410 e. The van der Waals surface area contributed by atoms with Gasteiger partial charge in [0, 0.05) is 69.8 Å². The summed E-state index contributed by atoms with van der Waals surface area (Å²) in [4.78, 5) is 107. The Morgan fingerprint density at radius 1 is 0.760 bits per heavy atom. The molecule has 0 bridgehead atoms. The first kappa shape index (κ1) is 66.3. The molecular formula is C53H88N12O10. The lowest BCUT2D eigenvalue weighted by atomic mass is 9.90. The molecule has 0 aliphatic rings. The summed E-state index contributed by atoms with van der Waals surface area (Å²) in [5.41, 5.74) is 20.4. The van der Waals surface area contributed by atoms with Crippen LogP contribution in [0.3, 0.4) is 0 Å². The number of amides is 8. The van der Waals surface area contributed by atoms with Crippen LogP contribution in [0, 0.1) is 11.8 Å². The number of allylic oxidation sites excluding steroid dienone is 4. The van der Waals surface area contributed by atoms with Crippen molar-refractivity contribution in [2.75, 3.05) is 52.1 Å². The molecular weight excluding hydrogens is 965 g/mol. The number of ether oxygens (including phenoxy) is 2. The summed E-state index contributed by atoms with van der Waals surface area (Å²) in [7, 11) is 3.10. The van der Waals surface area contributed by atoms with Crippen LogP contribution in [0.15, 0.2) is 53.7 Å². The summed E-state index contributed by atoms with van der Waals surface area (Å²) in [5, 5.41) is 16.4. The topological polar surface area (TPSA) is 322 Å². The number of carbonyl (C=O) groups is 8. The lowest BCUT2D eigenvalue weighted by molar-refractivity contribution is -0.132. The van der Waals surface area contributed by atoms with Gasteiger partial charge in [-0.25, -0.2) is 14.4 Å². The van der Waals surface area contributed by atoms with Crippen molar-refractivity contribution in [3.63, 3.8) is 0 Å². The molecule has 9 N–H and O–H groups in total. The summed E-state index contributed by atoms with van der Waals surface area (Å²) >= 11 is 0. The molecule has 0 fully saturated rings. The van der Waals surface area contributed by atoms with Crippen LogP contribution in [0.5, 0.6) is 0 Å². The number of anilines is 1. The predicted octanol–water partition coefficient (Wildman–Crippen LogP) is 7.28. The molecule has 5 atom stereocenters. The lowest BCUT2D eigenvalue weighted by Gasteiger charge is -2.27. The standard InChI is InChI=1S/C53H88N12O10/c1-7-9-11-13-14-15-16-17-19-21-24-41(23-20-18-12-10-8-2)45(37-66)75-53(73)65(6)36-35-64(5)52(72)74-38-40-26-28-42(29-27-40)60-49(69)44(25-22-32-58-51(55)71)61-50(70)47(39(3)4)62-46(67)31-30-43(54)48(68)57-33-34-59-63-56/h9,11,14-15,26-29,37,39,41,43-45,47H,7-8,10,12-13,16-25,30-36,38,54H2,1-6H3,(H,57,68)(H,60,69)(H,61,70)(H,62,67)(H3,55,58,71)/t41?,43-,44+,45?,47+/m1/s1. The van der Waals surface area contributed by atoms with Crippen LogP contribution >= 0.6 is 0 Å². The summed E-state index contributed by atoms with van der Waals surface area (Å²) < 4.78 is 11.3. The maximum atomic E-state index is 13.6. The highest BCUT2D eigenvalue weighted by Gasteiger charge is 2.30. The molecule has 8 amide bonds. The number of aldehydes is 1. The van der Waals surface area contributed by atoms with E-state index in [9.17, 15) is 38.4 Å². The zero-order valence-corrected chi connectivity index (χ0v) is 45.4. The molecule has 75 heavy (non-hydrogen) atoms. The van der Waals surface area contributed by atoms with Crippen molar-refractivity contribution in [1.29, 1.82) is 0 Å². The highest BCUT2D eigenvalue weighted by atomic mass is 16.6. The summed E-state index contributed by atoms with van der Waals surface area (Å²) in [5.74, 6) is -2.77. The van der Waals surface area contributed by atoms with Crippen molar-refractivity contribution >= 4 is 53.8 Å². The maximum absolute atomic E-state index is 13.6. The number of hydrogen-bond acceptors (Lipinski definition) is 12. The van der Waals surface area contributed by atoms with Gasteiger partial charge in [0.25, 0.3) is 0 Å². The number of azide groups is 1. The van der Waals surface area contributed by atoms with Gasteiger partial charge >= 0.3 is 18.2 Å². The molecule has 0 aromatic heterocycles. The average Bonchev–Trinajstić information content (AvgIpc) is 3.39. The van der Waals surface area contributed by atoms with Gasteiger partial charge in [-0.05, 0) is 86.9 Å². The van der Waals surface area contributed by atoms with E-state index in [1.54, 1.807) is 45.2 Å². The number of nitrogens with zero attached hydrogens (tertiary/aromatic N) is 5. The molecule has 1 aromatic rings. The Labute approximate surface area is 444 Å². The number of likely N-dealkylation sites (N-methyl/N-ethyl adjacent to an activating group) is 2. The Hall–Kier alpha value is -6.67. The molecule has 1 aromatic carbocycles.